The third-order valence-corrected chi connectivity index (χ3v) is 7.33. The maximum Gasteiger partial charge on any atom is 0.407 e. The lowest BCUT2D eigenvalue weighted by atomic mass is 10.1. The van der Waals surface area contributed by atoms with E-state index in [9.17, 15) is 13.2 Å². The topological polar surface area (TPSA) is 87.7 Å². The van der Waals surface area contributed by atoms with Gasteiger partial charge < -0.3 is 15.0 Å². The number of carbonyl (C=O) groups excluding carboxylic acids is 1. The molecule has 0 spiro atoms. The Bertz CT molecular complexity index is 746. The number of carbonyl (C=O) groups is 1. The average Bonchev–Trinajstić information content (AvgIpc) is 3.42. The Labute approximate surface area is 167 Å². The third kappa shape index (κ3) is 5.93. The minimum absolute atomic E-state index is 0.0717. The maximum atomic E-state index is 12.1. The molecule has 28 heavy (non-hydrogen) atoms. The molecule has 1 aromatic rings. The molecule has 2 atom stereocenters. The highest BCUT2D eigenvalue weighted by Gasteiger charge is 2.40. The van der Waals surface area contributed by atoms with E-state index in [4.69, 9.17) is 4.74 Å². The molecule has 0 aromatic heterocycles. The smallest absolute Gasteiger partial charge is 0.407 e. The molecule has 1 amide bonds. The summed E-state index contributed by atoms with van der Waals surface area (Å²) in [4.78, 5) is 14.3. The molecule has 1 aromatic carbocycles. The van der Waals surface area contributed by atoms with E-state index >= 15 is 0 Å². The van der Waals surface area contributed by atoms with Gasteiger partial charge in [0, 0.05) is 38.1 Å². The molecule has 1 aliphatic heterocycles. The van der Waals surface area contributed by atoms with Gasteiger partial charge in [-0.3, -0.25) is 0 Å². The summed E-state index contributed by atoms with van der Waals surface area (Å²) in [6.45, 7) is 6.02. The minimum atomic E-state index is -3.21. The van der Waals surface area contributed by atoms with Crippen molar-refractivity contribution in [3.05, 3.63) is 35.9 Å². The van der Waals surface area contributed by atoms with Crippen LogP contribution in [-0.2, 0) is 14.8 Å². The predicted molar refractivity (Wildman–Crippen MR) is 109 cm³/mol. The largest absolute Gasteiger partial charge is 0.446 e. The van der Waals surface area contributed by atoms with E-state index in [0.29, 0.717) is 19.0 Å². The molecule has 1 saturated heterocycles. The second kappa shape index (κ2) is 9.24. The van der Waals surface area contributed by atoms with Crippen molar-refractivity contribution in [1.29, 1.82) is 0 Å². The summed E-state index contributed by atoms with van der Waals surface area (Å²) in [7, 11) is -3.21. The van der Waals surface area contributed by atoms with Crippen molar-refractivity contribution in [2.45, 2.75) is 56.4 Å². The first-order valence-electron chi connectivity index (χ1n) is 10.1. The van der Waals surface area contributed by atoms with Crippen molar-refractivity contribution in [2.24, 2.45) is 0 Å². The molecule has 7 nitrogen and oxygen atoms in total. The zero-order valence-electron chi connectivity index (χ0n) is 16.6. The first kappa shape index (κ1) is 21.1. The molecule has 1 saturated carbocycles. The van der Waals surface area contributed by atoms with E-state index in [-0.39, 0.29) is 18.2 Å². The molecule has 8 heteroatoms. The Morgan fingerprint density at radius 2 is 1.89 bits per heavy atom. The summed E-state index contributed by atoms with van der Waals surface area (Å²) in [6.07, 6.45) is 2.11. The number of piperidine rings is 1. The Balaban J connectivity index is 1.31. The van der Waals surface area contributed by atoms with Crippen molar-refractivity contribution in [3.8, 4) is 0 Å². The number of hydrogen-bond donors (Lipinski definition) is 2. The molecule has 3 rings (SSSR count). The number of rotatable bonds is 8. The molecule has 2 aliphatic rings. The van der Waals surface area contributed by atoms with Crippen molar-refractivity contribution in [2.75, 3.05) is 26.2 Å². The van der Waals surface area contributed by atoms with Gasteiger partial charge in [0.25, 0.3) is 0 Å². The second-order valence-corrected chi connectivity index (χ2v) is 10.3. The lowest BCUT2D eigenvalue weighted by Gasteiger charge is -2.31. The third-order valence-electron chi connectivity index (χ3n) is 5.48. The van der Waals surface area contributed by atoms with Crippen LogP contribution in [-0.4, -0.2) is 63.0 Å². The fraction of sp³-hybridized carbons (Fsp3) is 0.650. The molecular weight excluding hydrogens is 378 g/mol. The summed E-state index contributed by atoms with van der Waals surface area (Å²) in [6, 6.07) is 10.4. The number of ether oxygens (including phenoxy) is 1. The molecule has 0 radical (unpaired) electrons. The number of amides is 1. The highest BCUT2D eigenvalue weighted by Crippen LogP contribution is 2.40. The number of benzene rings is 1. The lowest BCUT2D eigenvalue weighted by molar-refractivity contribution is 0.0510. The Hall–Kier alpha value is -1.64. The summed E-state index contributed by atoms with van der Waals surface area (Å²) in [5.74, 6) is 0.394. The fourth-order valence-corrected chi connectivity index (χ4v) is 4.23. The van der Waals surface area contributed by atoms with Gasteiger partial charge in [0.05, 0.1) is 5.25 Å². The lowest BCUT2D eigenvalue weighted by Crippen LogP contribution is -2.43. The van der Waals surface area contributed by atoms with Crippen molar-refractivity contribution >= 4 is 16.1 Å². The maximum absolute atomic E-state index is 12.1. The molecule has 0 unspecified atom stereocenters. The molecule has 1 heterocycles. The van der Waals surface area contributed by atoms with Crippen LogP contribution in [0.1, 0.15) is 44.6 Å². The monoisotopic (exact) mass is 409 g/mol. The quantitative estimate of drug-likeness (QED) is 0.686. The van der Waals surface area contributed by atoms with Crippen molar-refractivity contribution in [3.63, 3.8) is 0 Å². The van der Waals surface area contributed by atoms with Crippen LogP contribution >= 0.6 is 0 Å². The van der Waals surface area contributed by atoms with Gasteiger partial charge in [-0.25, -0.2) is 17.9 Å². The van der Waals surface area contributed by atoms with E-state index in [2.05, 4.69) is 27.1 Å². The van der Waals surface area contributed by atoms with Crippen LogP contribution in [0.5, 0.6) is 0 Å². The van der Waals surface area contributed by atoms with Gasteiger partial charge >= 0.3 is 6.09 Å². The van der Waals surface area contributed by atoms with Crippen molar-refractivity contribution < 1.29 is 17.9 Å². The minimum Gasteiger partial charge on any atom is -0.446 e. The van der Waals surface area contributed by atoms with Crippen LogP contribution in [0.15, 0.2) is 30.3 Å². The second-order valence-electron chi connectivity index (χ2n) is 7.94. The van der Waals surface area contributed by atoms with E-state index < -0.39 is 15.3 Å². The van der Waals surface area contributed by atoms with Crippen LogP contribution in [0, 0.1) is 0 Å². The Morgan fingerprint density at radius 1 is 1.21 bits per heavy atom. The predicted octanol–water partition coefficient (Wildman–Crippen LogP) is 2.06. The number of likely N-dealkylation sites (tertiary alicyclic amines) is 1. The number of hydrogen-bond acceptors (Lipinski definition) is 5. The number of nitrogens with zero attached hydrogens (tertiary/aromatic N) is 1. The Kier molecular flexibility index (Phi) is 6.95. The van der Waals surface area contributed by atoms with Crippen molar-refractivity contribution in [1.82, 2.24) is 14.9 Å². The molecular formula is C20H31N3O4S. The summed E-state index contributed by atoms with van der Waals surface area (Å²) >= 11 is 0. The van der Waals surface area contributed by atoms with E-state index in [1.165, 1.54) is 5.56 Å². The van der Waals surface area contributed by atoms with Gasteiger partial charge in [0.1, 0.15) is 6.10 Å². The molecule has 156 valence electrons. The fourth-order valence-electron chi connectivity index (χ4n) is 3.52. The van der Waals surface area contributed by atoms with E-state index in [1.807, 2.05) is 18.2 Å². The molecule has 0 bridgehead atoms. The van der Waals surface area contributed by atoms with Crippen LogP contribution in [0.4, 0.5) is 4.79 Å². The van der Waals surface area contributed by atoms with Crippen LogP contribution < -0.4 is 10.0 Å². The molecule has 2 N–H and O–H groups in total. The molecule has 1 aliphatic carbocycles. The van der Waals surface area contributed by atoms with E-state index in [0.717, 1.165) is 32.4 Å². The normalized spacial score (nSPS) is 23.5. The summed E-state index contributed by atoms with van der Waals surface area (Å²) < 4.78 is 31.7. The number of nitrogens with one attached hydrogen (secondary N) is 2. The van der Waals surface area contributed by atoms with E-state index in [1.54, 1.807) is 13.8 Å². The van der Waals surface area contributed by atoms with Gasteiger partial charge in [0.15, 0.2) is 0 Å². The zero-order valence-corrected chi connectivity index (χ0v) is 17.5. The SMILES string of the molecule is CC(C)S(=O)(=O)NCCN1CCC(OC(=O)N[C@@H]2C[C@H]2c2ccccc2)CC1. The van der Waals surface area contributed by atoms with Gasteiger partial charge in [-0.2, -0.15) is 0 Å². The van der Waals surface area contributed by atoms with Gasteiger partial charge in [-0.15, -0.1) is 0 Å². The molecule has 2 fully saturated rings. The van der Waals surface area contributed by atoms with Crippen LogP contribution in [0.25, 0.3) is 0 Å². The first-order chi connectivity index (χ1) is 13.3. The van der Waals surface area contributed by atoms with Gasteiger partial charge in [0.2, 0.25) is 10.0 Å². The standard InChI is InChI=1S/C20H31N3O4S/c1-15(2)28(25,26)21-10-13-23-11-8-17(9-12-23)27-20(24)22-19-14-18(19)16-6-4-3-5-7-16/h3-7,15,17-19,21H,8-14H2,1-2H3,(H,22,24)/t18-,19+/m0/s1. The first-order valence-corrected chi connectivity index (χ1v) is 11.6. The highest BCUT2D eigenvalue weighted by molar-refractivity contribution is 7.90. The van der Waals surface area contributed by atoms with Crippen LogP contribution in [0.2, 0.25) is 0 Å². The zero-order chi connectivity index (χ0) is 20.1. The number of alkyl carbamates (subject to hydrolysis) is 1. The van der Waals surface area contributed by atoms with Gasteiger partial charge in [-0.05, 0) is 38.7 Å². The highest BCUT2D eigenvalue weighted by atomic mass is 32.2. The summed E-state index contributed by atoms with van der Waals surface area (Å²) in [5, 5.41) is 2.55. The average molecular weight is 410 g/mol. The number of sulfonamides is 1. The summed E-state index contributed by atoms with van der Waals surface area (Å²) in [5.41, 5.74) is 1.26. The van der Waals surface area contributed by atoms with Gasteiger partial charge in [-0.1, -0.05) is 30.3 Å². The van der Waals surface area contributed by atoms with Crippen LogP contribution in [0.3, 0.4) is 0 Å². The Morgan fingerprint density at radius 3 is 2.54 bits per heavy atom.